The molecule has 108 valence electrons. The molecule has 0 bridgehead atoms. The number of hydrogen-bond donors (Lipinski definition) is 1. The van der Waals surface area contributed by atoms with E-state index in [-0.39, 0.29) is 0 Å². The standard InChI is InChI=1S/C16H34N2/c1-7-17-15-8-9-18(14(6)10-15)11-16(12(2)3)13(4)5/h12-17H,7-11H2,1-6H3. The summed E-state index contributed by atoms with van der Waals surface area (Å²) in [5, 5.41) is 3.61. The molecule has 1 N–H and O–H groups in total. The summed E-state index contributed by atoms with van der Waals surface area (Å²) in [6, 6.07) is 1.49. The number of likely N-dealkylation sites (tertiary alicyclic amines) is 1. The van der Waals surface area contributed by atoms with Crippen LogP contribution in [0.2, 0.25) is 0 Å². The molecule has 0 aromatic heterocycles. The molecule has 1 aliphatic heterocycles. The van der Waals surface area contributed by atoms with Crippen molar-refractivity contribution in [2.24, 2.45) is 17.8 Å². The lowest BCUT2D eigenvalue weighted by Crippen LogP contribution is -2.49. The van der Waals surface area contributed by atoms with E-state index in [1.807, 2.05) is 0 Å². The molecule has 2 heteroatoms. The fraction of sp³-hybridized carbons (Fsp3) is 1.00. The van der Waals surface area contributed by atoms with Crippen LogP contribution in [0.5, 0.6) is 0 Å². The topological polar surface area (TPSA) is 15.3 Å². The van der Waals surface area contributed by atoms with Crippen molar-refractivity contribution in [2.45, 2.75) is 66.5 Å². The summed E-state index contributed by atoms with van der Waals surface area (Å²) < 4.78 is 0. The summed E-state index contributed by atoms with van der Waals surface area (Å²) in [4.78, 5) is 2.72. The zero-order valence-corrected chi connectivity index (χ0v) is 13.4. The molecule has 1 rings (SSSR count). The maximum absolute atomic E-state index is 3.61. The van der Waals surface area contributed by atoms with Gasteiger partial charge < -0.3 is 10.2 Å². The third kappa shape index (κ3) is 4.55. The van der Waals surface area contributed by atoms with E-state index < -0.39 is 0 Å². The number of piperidine rings is 1. The first-order chi connectivity index (χ1) is 8.45. The minimum atomic E-state index is 0.739. The van der Waals surface area contributed by atoms with Crippen LogP contribution in [0.25, 0.3) is 0 Å². The van der Waals surface area contributed by atoms with Crippen LogP contribution in [0, 0.1) is 17.8 Å². The van der Waals surface area contributed by atoms with Crippen LogP contribution in [0.1, 0.15) is 54.4 Å². The lowest BCUT2D eigenvalue weighted by atomic mass is 9.84. The monoisotopic (exact) mass is 254 g/mol. The molecule has 1 heterocycles. The second-order valence-corrected chi connectivity index (χ2v) is 6.77. The first-order valence-electron chi connectivity index (χ1n) is 7.93. The van der Waals surface area contributed by atoms with Crippen LogP contribution in [-0.4, -0.2) is 36.6 Å². The van der Waals surface area contributed by atoms with Crippen LogP contribution < -0.4 is 5.32 Å². The quantitative estimate of drug-likeness (QED) is 0.782. The van der Waals surface area contributed by atoms with E-state index in [4.69, 9.17) is 0 Å². The van der Waals surface area contributed by atoms with Gasteiger partial charge in [0.15, 0.2) is 0 Å². The fourth-order valence-corrected chi connectivity index (χ4v) is 3.43. The predicted octanol–water partition coefficient (Wildman–Crippen LogP) is 3.38. The van der Waals surface area contributed by atoms with Gasteiger partial charge in [-0.05, 0) is 50.6 Å². The van der Waals surface area contributed by atoms with Crippen molar-refractivity contribution < 1.29 is 0 Å². The van der Waals surface area contributed by atoms with E-state index in [9.17, 15) is 0 Å². The molecular formula is C16H34N2. The van der Waals surface area contributed by atoms with Gasteiger partial charge >= 0.3 is 0 Å². The highest BCUT2D eigenvalue weighted by molar-refractivity contribution is 4.84. The zero-order chi connectivity index (χ0) is 13.7. The number of nitrogens with zero attached hydrogens (tertiary/aromatic N) is 1. The Kier molecular flexibility index (Phi) is 6.65. The second-order valence-electron chi connectivity index (χ2n) is 6.77. The average Bonchev–Trinajstić information content (AvgIpc) is 2.27. The third-order valence-corrected chi connectivity index (χ3v) is 4.66. The Morgan fingerprint density at radius 3 is 2.22 bits per heavy atom. The van der Waals surface area contributed by atoms with E-state index >= 15 is 0 Å². The van der Waals surface area contributed by atoms with Crippen molar-refractivity contribution in [3.63, 3.8) is 0 Å². The van der Waals surface area contributed by atoms with E-state index in [2.05, 4.69) is 51.8 Å². The number of rotatable bonds is 6. The van der Waals surface area contributed by atoms with Crippen LogP contribution in [0.15, 0.2) is 0 Å². The molecule has 2 atom stereocenters. The summed E-state index contributed by atoms with van der Waals surface area (Å²) in [6.07, 6.45) is 2.64. The van der Waals surface area contributed by atoms with Gasteiger partial charge in [0.25, 0.3) is 0 Å². The molecule has 1 aliphatic rings. The molecule has 0 amide bonds. The molecule has 0 aromatic carbocycles. The second kappa shape index (κ2) is 7.49. The highest BCUT2D eigenvalue weighted by Gasteiger charge is 2.28. The number of nitrogens with one attached hydrogen (secondary N) is 1. The Morgan fingerprint density at radius 1 is 1.17 bits per heavy atom. The van der Waals surface area contributed by atoms with E-state index in [1.165, 1.54) is 25.9 Å². The normalized spacial score (nSPS) is 26.5. The molecule has 0 aliphatic carbocycles. The summed E-state index contributed by atoms with van der Waals surface area (Å²) in [7, 11) is 0. The molecule has 0 saturated carbocycles. The molecule has 1 saturated heterocycles. The van der Waals surface area contributed by atoms with Crippen molar-refractivity contribution in [1.29, 1.82) is 0 Å². The molecule has 18 heavy (non-hydrogen) atoms. The highest BCUT2D eigenvalue weighted by Crippen LogP contribution is 2.25. The number of hydrogen-bond acceptors (Lipinski definition) is 2. The van der Waals surface area contributed by atoms with Gasteiger partial charge in [-0.1, -0.05) is 34.6 Å². The van der Waals surface area contributed by atoms with E-state index in [0.29, 0.717) is 0 Å². The smallest absolute Gasteiger partial charge is 0.00939 e. The van der Waals surface area contributed by atoms with Crippen molar-refractivity contribution >= 4 is 0 Å². The minimum Gasteiger partial charge on any atom is -0.314 e. The van der Waals surface area contributed by atoms with Crippen molar-refractivity contribution in [2.75, 3.05) is 19.6 Å². The van der Waals surface area contributed by atoms with Gasteiger partial charge in [0.05, 0.1) is 0 Å². The minimum absolute atomic E-state index is 0.739. The molecule has 0 aromatic rings. The average molecular weight is 254 g/mol. The van der Waals surface area contributed by atoms with Crippen molar-refractivity contribution in [1.82, 2.24) is 10.2 Å². The summed E-state index contributed by atoms with van der Waals surface area (Å²) in [6.45, 7) is 17.8. The van der Waals surface area contributed by atoms with Crippen LogP contribution in [0.3, 0.4) is 0 Å². The maximum Gasteiger partial charge on any atom is 0.00939 e. The van der Waals surface area contributed by atoms with Gasteiger partial charge in [0.2, 0.25) is 0 Å². The first kappa shape index (κ1) is 16.0. The Hall–Kier alpha value is -0.0800. The van der Waals surface area contributed by atoms with Gasteiger partial charge in [-0.25, -0.2) is 0 Å². The van der Waals surface area contributed by atoms with Gasteiger partial charge in [0, 0.05) is 18.6 Å². The van der Waals surface area contributed by atoms with Crippen LogP contribution in [-0.2, 0) is 0 Å². The van der Waals surface area contributed by atoms with Crippen LogP contribution >= 0.6 is 0 Å². The Morgan fingerprint density at radius 2 is 1.78 bits per heavy atom. The first-order valence-corrected chi connectivity index (χ1v) is 7.93. The Balaban J connectivity index is 2.48. The molecule has 2 unspecified atom stereocenters. The van der Waals surface area contributed by atoms with Crippen molar-refractivity contribution in [3.05, 3.63) is 0 Å². The zero-order valence-electron chi connectivity index (χ0n) is 13.4. The van der Waals surface area contributed by atoms with Gasteiger partial charge in [-0.15, -0.1) is 0 Å². The van der Waals surface area contributed by atoms with Gasteiger partial charge in [-0.3, -0.25) is 0 Å². The molecule has 0 radical (unpaired) electrons. The fourth-order valence-electron chi connectivity index (χ4n) is 3.43. The maximum atomic E-state index is 3.61. The molecule has 1 fully saturated rings. The SMILES string of the molecule is CCNC1CCN(CC(C(C)C)C(C)C)C(C)C1. The summed E-state index contributed by atoms with van der Waals surface area (Å²) >= 11 is 0. The van der Waals surface area contributed by atoms with E-state index in [0.717, 1.165) is 36.4 Å². The lowest BCUT2D eigenvalue weighted by Gasteiger charge is -2.41. The van der Waals surface area contributed by atoms with Crippen molar-refractivity contribution in [3.8, 4) is 0 Å². The molecular weight excluding hydrogens is 220 g/mol. The summed E-state index contributed by atoms with van der Waals surface area (Å²) in [5.41, 5.74) is 0. The predicted molar refractivity (Wildman–Crippen MR) is 80.9 cm³/mol. The van der Waals surface area contributed by atoms with E-state index in [1.54, 1.807) is 0 Å². The Labute approximate surface area is 115 Å². The highest BCUT2D eigenvalue weighted by atomic mass is 15.2. The molecule has 0 spiro atoms. The van der Waals surface area contributed by atoms with Gasteiger partial charge in [0.1, 0.15) is 0 Å². The summed E-state index contributed by atoms with van der Waals surface area (Å²) in [5.74, 6) is 2.43. The Bertz CT molecular complexity index is 217. The van der Waals surface area contributed by atoms with Crippen LogP contribution in [0.4, 0.5) is 0 Å². The lowest BCUT2D eigenvalue weighted by molar-refractivity contribution is 0.0894. The van der Waals surface area contributed by atoms with Gasteiger partial charge in [-0.2, -0.15) is 0 Å². The molecule has 2 nitrogen and oxygen atoms in total. The third-order valence-electron chi connectivity index (χ3n) is 4.66. The largest absolute Gasteiger partial charge is 0.314 e.